The first-order chi connectivity index (χ1) is 13.5. The zero-order valence-electron chi connectivity index (χ0n) is 15.3. The Labute approximate surface area is 173 Å². The number of carbonyl (C=O) groups excluding carboxylic acids is 2. The van der Waals surface area contributed by atoms with E-state index in [0.29, 0.717) is 40.2 Å². The van der Waals surface area contributed by atoms with Crippen LogP contribution in [0.2, 0.25) is 10.0 Å². The van der Waals surface area contributed by atoms with Crippen LogP contribution in [0.5, 0.6) is 11.5 Å². The van der Waals surface area contributed by atoms with E-state index in [2.05, 4.69) is 5.32 Å². The van der Waals surface area contributed by atoms with E-state index in [1.54, 1.807) is 49.6 Å². The maximum atomic E-state index is 12.6. The van der Waals surface area contributed by atoms with Crippen molar-refractivity contribution in [2.75, 3.05) is 25.6 Å². The molecule has 0 radical (unpaired) electrons. The number of benzene rings is 2. The molecule has 2 amide bonds. The second kappa shape index (κ2) is 9.17. The van der Waals surface area contributed by atoms with Crippen LogP contribution in [-0.4, -0.2) is 43.0 Å². The molecule has 1 aliphatic heterocycles. The first-order valence-electron chi connectivity index (χ1n) is 8.80. The number of halogens is 2. The summed E-state index contributed by atoms with van der Waals surface area (Å²) in [5.74, 6) is 0.536. The molecule has 1 fully saturated rings. The predicted octanol–water partition coefficient (Wildman–Crippen LogP) is 4.01. The molecule has 1 unspecified atom stereocenters. The van der Waals surface area contributed by atoms with Gasteiger partial charge in [0.05, 0.1) is 12.1 Å². The van der Waals surface area contributed by atoms with Gasteiger partial charge in [-0.25, -0.2) is 0 Å². The van der Waals surface area contributed by atoms with E-state index in [9.17, 15) is 9.59 Å². The van der Waals surface area contributed by atoms with E-state index in [1.807, 2.05) is 0 Å². The van der Waals surface area contributed by atoms with Gasteiger partial charge in [-0.2, -0.15) is 0 Å². The molecule has 8 heteroatoms. The minimum Gasteiger partial charge on any atom is -0.497 e. The fraction of sp³-hybridized carbons (Fsp3) is 0.300. The summed E-state index contributed by atoms with van der Waals surface area (Å²) in [7, 11) is 1.58. The van der Waals surface area contributed by atoms with Gasteiger partial charge < -0.3 is 19.7 Å². The molecule has 0 aromatic heterocycles. The van der Waals surface area contributed by atoms with Crippen molar-refractivity contribution in [3.8, 4) is 11.5 Å². The molecule has 1 aliphatic rings. The van der Waals surface area contributed by atoms with Gasteiger partial charge in [-0.15, -0.1) is 0 Å². The van der Waals surface area contributed by atoms with E-state index in [4.69, 9.17) is 32.7 Å². The summed E-state index contributed by atoms with van der Waals surface area (Å²) in [5, 5.41) is 3.67. The standard InChI is InChI=1S/C20H20Cl2N2O4/c1-27-15-7-5-14(6-8-15)23-20(26)17-3-2-10-24(17)19(25)12-28-18-11-13(21)4-9-16(18)22/h4-9,11,17H,2-3,10,12H2,1H3,(H,23,26). The number of hydrogen-bond donors (Lipinski definition) is 1. The van der Waals surface area contributed by atoms with Gasteiger partial charge in [0, 0.05) is 23.3 Å². The number of likely N-dealkylation sites (tertiary alicyclic amines) is 1. The number of rotatable bonds is 6. The van der Waals surface area contributed by atoms with Crippen molar-refractivity contribution < 1.29 is 19.1 Å². The number of amides is 2. The molecule has 0 spiro atoms. The summed E-state index contributed by atoms with van der Waals surface area (Å²) in [6, 6.07) is 11.3. The normalized spacial score (nSPS) is 16.0. The predicted molar refractivity (Wildman–Crippen MR) is 108 cm³/mol. The Morgan fingerprint density at radius 1 is 1.18 bits per heavy atom. The molecule has 1 saturated heterocycles. The highest BCUT2D eigenvalue weighted by Crippen LogP contribution is 2.28. The summed E-state index contributed by atoms with van der Waals surface area (Å²) >= 11 is 12.0. The van der Waals surface area contributed by atoms with Gasteiger partial charge >= 0.3 is 0 Å². The fourth-order valence-electron chi connectivity index (χ4n) is 3.05. The van der Waals surface area contributed by atoms with Crippen molar-refractivity contribution in [2.24, 2.45) is 0 Å². The molecule has 1 heterocycles. The molecule has 0 aliphatic carbocycles. The third-order valence-corrected chi connectivity index (χ3v) is 5.03. The second-order valence-corrected chi connectivity index (χ2v) is 7.17. The quantitative estimate of drug-likeness (QED) is 0.763. The highest BCUT2D eigenvalue weighted by molar-refractivity contribution is 6.34. The lowest BCUT2D eigenvalue weighted by Crippen LogP contribution is -2.45. The Morgan fingerprint density at radius 3 is 2.64 bits per heavy atom. The highest BCUT2D eigenvalue weighted by Gasteiger charge is 2.34. The molecule has 0 saturated carbocycles. The van der Waals surface area contributed by atoms with Crippen LogP contribution in [0.3, 0.4) is 0 Å². The summed E-state index contributed by atoms with van der Waals surface area (Å²) < 4.78 is 10.6. The SMILES string of the molecule is COc1ccc(NC(=O)C2CCCN2C(=O)COc2cc(Cl)ccc2Cl)cc1. The Kier molecular flexibility index (Phi) is 6.65. The Balaban J connectivity index is 1.60. The van der Waals surface area contributed by atoms with Gasteiger partial charge in [-0.3, -0.25) is 9.59 Å². The maximum Gasteiger partial charge on any atom is 0.261 e. The third-order valence-electron chi connectivity index (χ3n) is 4.48. The number of hydrogen-bond acceptors (Lipinski definition) is 4. The van der Waals surface area contributed by atoms with Crippen LogP contribution in [0.25, 0.3) is 0 Å². The Hall–Kier alpha value is -2.44. The van der Waals surface area contributed by atoms with Crippen molar-refractivity contribution in [2.45, 2.75) is 18.9 Å². The van der Waals surface area contributed by atoms with E-state index < -0.39 is 6.04 Å². The monoisotopic (exact) mass is 422 g/mol. The topological polar surface area (TPSA) is 67.9 Å². The lowest BCUT2D eigenvalue weighted by Gasteiger charge is -2.24. The minimum absolute atomic E-state index is 0.216. The largest absolute Gasteiger partial charge is 0.497 e. The lowest BCUT2D eigenvalue weighted by atomic mass is 10.2. The molecule has 6 nitrogen and oxygen atoms in total. The molecule has 3 rings (SSSR count). The van der Waals surface area contributed by atoms with Gasteiger partial charge in [0.15, 0.2) is 6.61 Å². The first kappa shape index (κ1) is 20.3. The van der Waals surface area contributed by atoms with Crippen LogP contribution < -0.4 is 14.8 Å². The molecule has 1 atom stereocenters. The van der Waals surface area contributed by atoms with Crippen LogP contribution in [0.15, 0.2) is 42.5 Å². The van der Waals surface area contributed by atoms with Crippen molar-refractivity contribution in [1.82, 2.24) is 4.90 Å². The summed E-state index contributed by atoms with van der Waals surface area (Å²) in [6.45, 7) is 0.290. The summed E-state index contributed by atoms with van der Waals surface area (Å²) in [6.07, 6.45) is 1.36. The molecule has 1 N–H and O–H groups in total. The van der Waals surface area contributed by atoms with Crippen molar-refractivity contribution in [3.63, 3.8) is 0 Å². The maximum absolute atomic E-state index is 12.6. The fourth-order valence-corrected chi connectivity index (χ4v) is 3.38. The molecule has 148 valence electrons. The van der Waals surface area contributed by atoms with Gasteiger partial charge in [-0.05, 0) is 49.2 Å². The van der Waals surface area contributed by atoms with Gasteiger partial charge in [0.25, 0.3) is 5.91 Å². The van der Waals surface area contributed by atoms with E-state index in [1.165, 1.54) is 4.90 Å². The summed E-state index contributed by atoms with van der Waals surface area (Å²) in [5.41, 5.74) is 0.645. The zero-order chi connectivity index (χ0) is 20.1. The highest BCUT2D eigenvalue weighted by atomic mass is 35.5. The minimum atomic E-state index is -0.534. The van der Waals surface area contributed by atoms with Crippen molar-refractivity contribution in [1.29, 1.82) is 0 Å². The average Bonchev–Trinajstić information content (AvgIpc) is 3.19. The number of carbonyl (C=O) groups is 2. The summed E-state index contributed by atoms with van der Waals surface area (Å²) in [4.78, 5) is 26.8. The number of methoxy groups -OCH3 is 1. The van der Waals surface area contributed by atoms with Gasteiger partial charge in [0.2, 0.25) is 5.91 Å². The molecule has 2 aromatic rings. The van der Waals surface area contributed by atoms with Gasteiger partial charge in [0.1, 0.15) is 17.5 Å². The average molecular weight is 423 g/mol. The van der Waals surface area contributed by atoms with E-state index in [0.717, 1.165) is 6.42 Å². The van der Waals surface area contributed by atoms with Crippen molar-refractivity contribution >= 4 is 40.7 Å². The smallest absolute Gasteiger partial charge is 0.261 e. The van der Waals surface area contributed by atoms with Gasteiger partial charge in [-0.1, -0.05) is 23.2 Å². The van der Waals surface area contributed by atoms with Crippen LogP contribution in [0.4, 0.5) is 5.69 Å². The number of nitrogens with zero attached hydrogens (tertiary/aromatic N) is 1. The van der Waals surface area contributed by atoms with Crippen LogP contribution in [0.1, 0.15) is 12.8 Å². The van der Waals surface area contributed by atoms with E-state index >= 15 is 0 Å². The van der Waals surface area contributed by atoms with Crippen LogP contribution in [-0.2, 0) is 9.59 Å². The number of nitrogens with one attached hydrogen (secondary N) is 1. The molecule has 2 aromatic carbocycles. The molecule has 28 heavy (non-hydrogen) atoms. The lowest BCUT2D eigenvalue weighted by molar-refractivity contribution is -0.138. The second-order valence-electron chi connectivity index (χ2n) is 6.33. The Morgan fingerprint density at radius 2 is 1.93 bits per heavy atom. The first-order valence-corrected chi connectivity index (χ1v) is 9.56. The van der Waals surface area contributed by atoms with Crippen LogP contribution >= 0.6 is 23.2 Å². The number of ether oxygens (including phenoxy) is 2. The molecular formula is C20H20Cl2N2O4. The zero-order valence-corrected chi connectivity index (χ0v) is 16.8. The van der Waals surface area contributed by atoms with Crippen LogP contribution in [0, 0.1) is 0 Å². The molecule has 0 bridgehead atoms. The number of anilines is 1. The van der Waals surface area contributed by atoms with E-state index in [-0.39, 0.29) is 18.4 Å². The Bertz CT molecular complexity index is 858. The van der Waals surface area contributed by atoms with Crippen molar-refractivity contribution in [3.05, 3.63) is 52.5 Å². The molecular weight excluding hydrogens is 403 g/mol. The third kappa shape index (κ3) is 4.88.